The van der Waals surface area contributed by atoms with Crippen LogP contribution in [0.25, 0.3) is 0 Å². The lowest BCUT2D eigenvalue weighted by molar-refractivity contribution is -0.140. The molecule has 2 aromatic carbocycles. The molecule has 0 spiro atoms. The summed E-state index contributed by atoms with van der Waals surface area (Å²) in [5.74, 6) is 0.892. The van der Waals surface area contributed by atoms with Gasteiger partial charge in [0.1, 0.15) is 12.4 Å². The number of nitrogens with one attached hydrogen (secondary N) is 1. The van der Waals surface area contributed by atoms with E-state index >= 15 is 0 Å². The lowest BCUT2D eigenvalue weighted by atomic mass is 9.72. The fraction of sp³-hybridized carbons (Fsp3) is 0.312. The maximum absolute atomic E-state index is 13.9. The quantitative estimate of drug-likeness (QED) is 0.316. The molecule has 1 aliphatic carbocycles. The number of thiophene rings is 1. The Balaban J connectivity index is 1.56. The third-order valence-electron chi connectivity index (χ3n) is 7.54. The average Bonchev–Trinajstić information content (AvgIpc) is 3.54. The van der Waals surface area contributed by atoms with Gasteiger partial charge in [0, 0.05) is 40.1 Å². The zero-order valence-electron chi connectivity index (χ0n) is 23.7. The Morgan fingerprint density at radius 3 is 2.24 bits per heavy atom. The molecule has 1 aliphatic heterocycles. The van der Waals surface area contributed by atoms with Crippen molar-refractivity contribution in [1.82, 2.24) is 5.32 Å². The summed E-state index contributed by atoms with van der Waals surface area (Å²) >= 11 is 1.65. The van der Waals surface area contributed by atoms with Crippen molar-refractivity contribution >= 4 is 23.1 Å². The van der Waals surface area contributed by atoms with Gasteiger partial charge in [-0.2, -0.15) is 0 Å². The third kappa shape index (κ3) is 5.54. The highest BCUT2D eigenvalue weighted by Crippen LogP contribution is 2.49. The van der Waals surface area contributed by atoms with E-state index in [0.29, 0.717) is 58.2 Å². The summed E-state index contributed by atoms with van der Waals surface area (Å²) in [7, 11) is 6.21. The van der Waals surface area contributed by atoms with Crippen LogP contribution in [0.15, 0.2) is 76.5 Å². The number of hydrogen-bond donors (Lipinski definition) is 1. The molecular weight excluding hydrogens is 542 g/mol. The number of methoxy groups -OCH3 is 4. The molecule has 5 rings (SSSR count). The van der Waals surface area contributed by atoms with Gasteiger partial charge in [-0.15, -0.1) is 11.3 Å². The maximum Gasteiger partial charge on any atom is 0.337 e. The highest BCUT2D eigenvalue weighted by atomic mass is 32.1. The number of ether oxygens (including phenoxy) is 5. The molecule has 9 heteroatoms. The number of Topliss-reactive ketones (excluding diaryl/α,β-unsaturated/α-hetero) is 1. The van der Waals surface area contributed by atoms with E-state index in [-0.39, 0.29) is 18.3 Å². The lowest BCUT2D eigenvalue weighted by Gasteiger charge is -2.36. The standard InChI is InChI=1S/C32H33NO7S/c1-18-28(32(35)40-17-19-8-10-22(36-2)11-9-19)29(21-15-25(37-3)31(39-5)26(16-21)38-4)30-23(33-18)13-20(14-24(30)34)27-7-6-12-41-27/h6-12,15-16,20,29,33H,13-14,17H2,1-5H3/t20-,29-/m1/s1. The van der Waals surface area contributed by atoms with Gasteiger partial charge in [-0.25, -0.2) is 4.79 Å². The second kappa shape index (κ2) is 12.1. The number of esters is 1. The van der Waals surface area contributed by atoms with Gasteiger partial charge < -0.3 is 29.0 Å². The number of allylic oxidation sites excluding steroid dienone is 3. The van der Waals surface area contributed by atoms with Crippen LogP contribution in [0, 0.1) is 0 Å². The molecule has 0 amide bonds. The van der Waals surface area contributed by atoms with E-state index < -0.39 is 11.9 Å². The zero-order chi connectivity index (χ0) is 29.1. The topological polar surface area (TPSA) is 92.3 Å². The van der Waals surface area contributed by atoms with Crippen LogP contribution in [-0.4, -0.2) is 40.2 Å². The summed E-state index contributed by atoms with van der Waals surface area (Å²) in [6.07, 6.45) is 1.02. The molecule has 1 aromatic heterocycles. The van der Waals surface area contributed by atoms with E-state index in [9.17, 15) is 9.59 Å². The molecule has 8 nitrogen and oxygen atoms in total. The van der Waals surface area contributed by atoms with E-state index in [1.54, 1.807) is 30.6 Å². The van der Waals surface area contributed by atoms with Crippen LogP contribution in [0.2, 0.25) is 0 Å². The predicted octanol–water partition coefficient (Wildman–Crippen LogP) is 5.89. The van der Waals surface area contributed by atoms with Crippen LogP contribution in [0.1, 0.15) is 47.6 Å². The molecule has 2 atom stereocenters. The highest BCUT2D eigenvalue weighted by molar-refractivity contribution is 7.10. The summed E-state index contributed by atoms with van der Waals surface area (Å²) < 4.78 is 27.8. The van der Waals surface area contributed by atoms with Gasteiger partial charge in [0.05, 0.1) is 34.0 Å². The molecule has 1 N–H and O–H groups in total. The van der Waals surface area contributed by atoms with E-state index in [2.05, 4.69) is 11.4 Å². The largest absolute Gasteiger partial charge is 0.497 e. The number of rotatable bonds is 9. The minimum Gasteiger partial charge on any atom is -0.497 e. The summed E-state index contributed by atoms with van der Waals surface area (Å²) in [6, 6.07) is 15.0. The van der Waals surface area contributed by atoms with Crippen LogP contribution in [0.4, 0.5) is 0 Å². The molecule has 41 heavy (non-hydrogen) atoms. The SMILES string of the molecule is COc1ccc(COC(=O)C2=C(C)NC3=C(C(=O)C[C@H](c4cccs4)C3)[C@@H]2c2cc(OC)c(OC)c(OC)c2)cc1. The van der Waals surface area contributed by atoms with Crippen LogP contribution in [0.3, 0.4) is 0 Å². The summed E-state index contributed by atoms with van der Waals surface area (Å²) in [4.78, 5) is 28.9. The van der Waals surface area contributed by atoms with Crippen LogP contribution >= 0.6 is 11.3 Å². The van der Waals surface area contributed by atoms with Crippen LogP contribution in [0.5, 0.6) is 23.0 Å². The molecule has 0 bridgehead atoms. The third-order valence-corrected chi connectivity index (χ3v) is 8.58. The lowest BCUT2D eigenvalue weighted by Crippen LogP contribution is -2.36. The second-order valence-electron chi connectivity index (χ2n) is 9.92. The molecule has 0 unspecified atom stereocenters. The summed E-state index contributed by atoms with van der Waals surface area (Å²) in [6.45, 7) is 1.92. The van der Waals surface area contributed by atoms with Gasteiger partial charge in [0.15, 0.2) is 17.3 Å². The van der Waals surface area contributed by atoms with Crippen molar-refractivity contribution in [2.24, 2.45) is 0 Å². The smallest absolute Gasteiger partial charge is 0.337 e. The molecule has 0 fully saturated rings. The van der Waals surface area contributed by atoms with Crippen molar-refractivity contribution in [3.05, 3.63) is 92.5 Å². The van der Waals surface area contributed by atoms with Crippen molar-refractivity contribution < 1.29 is 33.3 Å². The first-order chi connectivity index (χ1) is 19.9. The number of benzene rings is 2. The van der Waals surface area contributed by atoms with Gasteiger partial charge in [-0.05, 0) is 60.2 Å². The number of carbonyl (C=O) groups excluding carboxylic acids is 2. The monoisotopic (exact) mass is 575 g/mol. The molecule has 0 saturated carbocycles. The summed E-state index contributed by atoms with van der Waals surface area (Å²) in [5, 5.41) is 5.43. The van der Waals surface area contributed by atoms with Crippen molar-refractivity contribution in [1.29, 1.82) is 0 Å². The van der Waals surface area contributed by atoms with E-state index in [4.69, 9.17) is 23.7 Å². The van der Waals surface area contributed by atoms with Crippen molar-refractivity contribution in [2.45, 2.75) is 38.2 Å². The van der Waals surface area contributed by atoms with Crippen molar-refractivity contribution in [2.75, 3.05) is 28.4 Å². The van der Waals surface area contributed by atoms with Crippen molar-refractivity contribution in [3.8, 4) is 23.0 Å². The Labute approximate surface area is 243 Å². The number of dihydropyridines is 1. The number of carbonyl (C=O) groups is 2. The number of ketones is 1. The molecule has 214 valence electrons. The molecule has 2 aliphatic rings. The van der Waals surface area contributed by atoms with Gasteiger partial charge in [-0.1, -0.05) is 18.2 Å². The van der Waals surface area contributed by atoms with Crippen molar-refractivity contribution in [3.63, 3.8) is 0 Å². The van der Waals surface area contributed by atoms with Crippen LogP contribution in [-0.2, 0) is 20.9 Å². The Bertz CT molecular complexity index is 1480. The minimum absolute atomic E-state index is 0.0103. The van der Waals surface area contributed by atoms with E-state index in [1.807, 2.05) is 42.6 Å². The fourth-order valence-corrected chi connectivity index (χ4v) is 6.41. The molecule has 3 aromatic rings. The Morgan fingerprint density at radius 2 is 1.66 bits per heavy atom. The maximum atomic E-state index is 13.9. The predicted molar refractivity (Wildman–Crippen MR) is 156 cm³/mol. The normalized spacial score (nSPS) is 18.4. The highest BCUT2D eigenvalue weighted by Gasteiger charge is 2.42. The van der Waals surface area contributed by atoms with Gasteiger partial charge >= 0.3 is 5.97 Å². The first-order valence-corrected chi connectivity index (χ1v) is 14.1. The van der Waals surface area contributed by atoms with Gasteiger partial charge in [0.25, 0.3) is 0 Å². The average molecular weight is 576 g/mol. The molecule has 0 saturated heterocycles. The van der Waals surface area contributed by atoms with Crippen LogP contribution < -0.4 is 24.3 Å². The van der Waals surface area contributed by atoms with E-state index in [0.717, 1.165) is 11.3 Å². The number of hydrogen-bond acceptors (Lipinski definition) is 9. The first kappa shape index (κ1) is 28.3. The molecule has 2 heterocycles. The minimum atomic E-state index is -0.680. The second-order valence-corrected chi connectivity index (χ2v) is 10.9. The van der Waals surface area contributed by atoms with E-state index in [1.165, 1.54) is 26.2 Å². The van der Waals surface area contributed by atoms with Gasteiger partial charge in [0.2, 0.25) is 5.75 Å². The fourth-order valence-electron chi connectivity index (χ4n) is 5.58. The Morgan fingerprint density at radius 1 is 0.951 bits per heavy atom. The zero-order valence-corrected chi connectivity index (χ0v) is 24.6. The Hall–Kier alpha value is -4.24. The first-order valence-electron chi connectivity index (χ1n) is 13.3. The molecular formula is C32H33NO7S. The summed E-state index contributed by atoms with van der Waals surface area (Å²) in [5.41, 5.74) is 3.89. The van der Waals surface area contributed by atoms with Gasteiger partial charge in [-0.3, -0.25) is 4.79 Å². The molecule has 0 radical (unpaired) electrons. The Kier molecular flexibility index (Phi) is 8.35.